The lowest BCUT2D eigenvalue weighted by Gasteiger charge is -2.22. The number of sulfonamides is 1. The predicted molar refractivity (Wildman–Crippen MR) is 109 cm³/mol. The Kier molecular flexibility index (Phi) is 6.74. The summed E-state index contributed by atoms with van der Waals surface area (Å²) in [6.45, 7) is 3.98. The van der Waals surface area contributed by atoms with Gasteiger partial charge in [-0.1, -0.05) is 12.1 Å². The molecule has 0 atom stereocenters. The maximum absolute atomic E-state index is 12.2. The Bertz CT molecular complexity index is 989. The molecule has 0 saturated carbocycles. The Labute approximate surface area is 164 Å². The van der Waals surface area contributed by atoms with Crippen LogP contribution in [0.1, 0.15) is 24.0 Å². The number of benzene rings is 2. The number of nitro groups is 1. The highest BCUT2D eigenvalue weighted by molar-refractivity contribution is 7.92. The molecule has 0 fully saturated rings. The van der Waals surface area contributed by atoms with Crippen molar-refractivity contribution >= 4 is 33.0 Å². The first-order chi connectivity index (χ1) is 13.1. The van der Waals surface area contributed by atoms with E-state index in [0.717, 1.165) is 21.7 Å². The van der Waals surface area contributed by atoms with Crippen LogP contribution >= 0.6 is 0 Å². The van der Waals surface area contributed by atoms with Gasteiger partial charge in [-0.3, -0.25) is 19.2 Å². The number of non-ortho nitro benzene ring substituents is 1. The summed E-state index contributed by atoms with van der Waals surface area (Å²) in [5.41, 5.74) is 2.88. The summed E-state index contributed by atoms with van der Waals surface area (Å²) in [5.74, 6) is -0.226. The molecule has 8 nitrogen and oxygen atoms in total. The van der Waals surface area contributed by atoms with Gasteiger partial charge in [0.2, 0.25) is 15.9 Å². The van der Waals surface area contributed by atoms with Crippen molar-refractivity contribution in [3.8, 4) is 0 Å². The molecular formula is C19H23N3O5S. The number of nitrogens with one attached hydrogen (secondary N) is 1. The molecule has 0 aliphatic heterocycles. The molecule has 0 saturated heterocycles. The average Bonchev–Trinajstić information content (AvgIpc) is 2.61. The number of anilines is 2. The number of hydrogen-bond donors (Lipinski definition) is 1. The Hall–Kier alpha value is -2.94. The molecule has 28 heavy (non-hydrogen) atoms. The number of carbonyl (C=O) groups excluding carboxylic acids is 1. The molecule has 0 unspecified atom stereocenters. The number of aryl methyl sites for hydroxylation is 2. The van der Waals surface area contributed by atoms with Gasteiger partial charge in [0.25, 0.3) is 5.69 Å². The van der Waals surface area contributed by atoms with Crippen LogP contribution in [0.5, 0.6) is 0 Å². The minimum atomic E-state index is -3.65. The van der Waals surface area contributed by atoms with Gasteiger partial charge in [0, 0.05) is 30.8 Å². The molecule has 1 N–H and O–H groups in total. The fourth-order valence-corrected chi connectivity index (χ4v) is 3.63. The number of rotatable bonds is 8. The van der Waals surface area contributed by atoms with Gasteiger partial charge >= 0.3 is 0 Å². The number of nitro benzene ring substituents is 1. The largest absolute Gasteiger partial charge is 0.326 e. The van der Waals surface area contributed by atoms with Crippen molar-refractivity contribution in [1.29, 1.82) is 0 Å². The van der Waals surface area contributed by atoms with E-state index in [1.165, 1.54) is 24.3 Å². The first kappa shape index (κ1) is 21.4. The van der Waals surface area contributed by atoms with Gasteiger partial charge < -0.3 is 5.32 Å². The highest BCUT2D eigenvalue weighted by atomic mass is 32.2. The Morgan fingerprint density at radius 3 is 2.46 bits per heavy atom. The molecule has 0 heterocycles. The second kappa shape index (κ2) is 8.83. The van der Waals surface area contributed by atoms with Crippen LogP contribution in [0.15, 0.2) is 42.5 Å². The quantitative estimate of drug-likeness (QED) is 0.535. The molecular weight excluding hydrogens is 382 g/mol. The predicted octanol–water partition coefficient (Wildman–Crippen LogP) is 3.40. The van der Waals surface area contributed by atoms with Crippen LogP contribution in [-0.2, 0) is 14.8 Å². The standard InChI is InChI=1S/C19H23N3O5S/c1-14-9-10-16(12-15(14)2)20-19(23)8-5-11-21(28(3,26)27)17-6-4-7-18(13-17)22(24)25/h4,6-7,9-10,12-13H,5,8,11H2,1-3H3,(H,20,23). The van der Waals surface area contributed by atoms with E-state index in [4.69, 9.17) is 0 Å². The zero-order valence-corrected chi connectivity index (χ0v) is 16.8. The summed E-state index contributed by atoms with van der Waals surface area (Å²) < 4.78 is 25.3. The van der Waals surface area contributed by atoms with E-state index in [-0.39, 0.29) is 36.7 Å². The molecule has 2 aromatic rings. The molecule has 0 aromatic heterocycles. The molecule has 0 radical (unpaired) electrons. The van der Waals surface area contributed by atoms with Crippen molar-refractivity contribution in [2.24, 2.45) is 0 Å². The third-order valence-electron chi connectivity index (χ3n) is 4.28. The molecule has 1 amide bonds. The third kappa shape index (κ3) is 5.78. The minimum absolute atomic E-state index is 0.0420. The summed E-state index contributed by atoms with van der Waals surface area (Å²) in [7, 11) is -3.65. The zero-order valence-electron chi connectivity index (χ0n) is 16.0. The van der Waals surface area contributed by atoms with Gasteiger partial charge in [-0.2, -0.15) is 0 Å². The Balaban J connectivity index is 2.02. The maximum Gasteiger partial charge on any atom is 0.271 e. The lowest BCUT2D eigenvalue weighted by molar-refractivity contribution is -0.384. The van der Waals surface area contributed by atoms with Gasteiger partial charge in [-0.25, -0.2) is 8.42 Å². The van der Waals surface area contributed by atoms with Crippen molar-refractivity contribution < 1.29 is 18.1 Å². The van der Waals surface area contributed by atoms with E-state index in [9.17, 15) is 23.3 Å². The van der Waals surface area contributed by atoms with Gasteiger partial charge in [-0.15, -0.1) is 0 Å². The Morgan fingerprint density at radius 1 is 1.14 bits per heavy atom. The van der Waals surface area contributed by atoms with Crippen molar-refractivity contribution in [3.63, 3.8) is 0 Å². The molecule has 2 rings (SSSR count). The van der Waals surface area contributed by atoms with Gasteiger partial charge in [0.1, 0.15) is 0 Å². The minimum Gasteiger partial charge on any atom is -0.326 e. The van der Waals surface area contributed by atoms with E-state index in [1.54, 1.807) is 0 Å². The summed E-state index contributed by atoms with van der Waals surface area (Å²) in [4.78, 5) is 22.5. The lowest BCUT2D eigenvalue weighted by Crippen LogP contribution is -2.31. The molecule has 150 valence electrons. The lowest BCUT2D eigenvalue weighted by atomic mass is 10.1. The first-order valence-corrected chi connectivity index (χ1v) is 10.5. The van der Waals surface area contributed by atoms with E-state index in [0.29, 0.717) is 5.69 Å². The summed E-state index contributed by atoms with van der Waals surface area (Å²) in [5, 5.41) is 13.7. The van der Waals surface area contributed by atoms with Gasteiger partial charge in [-0.05, 0) is 49.6 Å². The molecule has 2 aromatic carbocycles. The van der Waals surface area contributed by atoms with Gasteiger partial charge in [0.15, 0.2) is 0 Å². The van der Waals surface area contributed by atoms with E-state index < -0.39 is 14.9 Å². The second-order valence-electron chi connectivity index (χ2n) is 6.56. The summed E-state index contributed by atoms with van der Waals surface area (Å²) >= 11 is 0. The number of carbonyl (C=O) groups is 1. The van der Waals surface area contributed by atoms with Crippen molar-refractivity contribution in [2.75, 3.05) is 22.4 Å². The van der Waals surface area contributed by atoms with Crippen molar-refractivity contribution in [3.05, 3.63) is 63.7 Å². The Morgan fingerprint density at radius 2 is 1.86 bits per heavy atom. The fourth-order valence-electron chi connectivity index (χ4n) is 2.67. The van der Waals surface area contributed by atoms with Crippen LogP contribution in [-0.4, -0.2) is 32.0 Å². The van der Waals surface area contributed by atoms with E-state index >= 15 is 0 Å². The maximum atomic E-state index is 12.2. The smallest absolute Gasteiger partial charge is 0.271 e. The van der Waals surface area contributed by atoms with E-state index in [1.807, 2.05) is 32.0 Å². The normalized spacial score (nSPS) is 11.1. The first-order valence-electron chi connectivity index (χ1n) is 8.67. The zero-order chi connectivity index (χ0) is 20.9. The summed E-state index contributed by atoms with van der Waals surface area (Å²) in [6.07, 6.45) is 1.42. The second-order valence-corrected chi connectivity index (χ2v) is 8.47. The third-order valence-corrected chi connectivity index (χ3v) is 5.48. The fraction of sp³-hybridized carbons (Fsp3) is 0.316. The van der Waals surface area contributed by atoms with Crippen LogP contribution in [0.25, 0.3) is 0 Å². The van der Waals surface area contributed by atoms with Crippen LogP contribution < -0.4 is 9.62 Å². The number of nitrogens with zero attached hydrogens (tertiary/aromatic N) is 2. The molecule has 0 aliphatic rings. The average molecular weight is 405 g/mol. The SMILES string of the molecule is Cc1ccc(NC(=O)CCCN(c2cccc([N+](=O)[O-])c2)S(C)(=O)=O)cc1C. The monoisotopic (exact) mass is 405 g/mol. The van der Waals surface area contributed by atoms with Gasteiger partial charge in [0.05, 0.1) is 16.9 Å². The van der Waals surface area contributed by atoms with Crippen LogP contribution in [0.3, 0.4) is 0 Å². The summed E-state index contributed by atoms with van der Waals surface area (Å²) in [6, 6.07) is 11.0. The van der Waals surface area contributed by atoms with Crippen LogP contribution in [0.2, 0.25) is 0 Å². The molecule has 9 heteroatoms. The number of amides is 1. The highest BCUT2D eigenvalue weighted by Gasteiger charge is 2.19. The van der Waals surface area contributed by atoms with Crippen LogP contribution in [0, 0.1) is 24.0 Å². The van der Waals surface area contributed by atoms with E-state index in [2.05, 4.69) is 5.32 Å². The van der Waals surface area contributed by atoms with Crippen LogP contribution in [0.4, 0.5) is 17.1 Å². The molecule has 0 bridgehead atoms. The molecule has 0 spiro atoms. The number of hydrogen-bond acceptors (Lipinski definition) is 5. The highest BCUT2D eigenvalue weighted by Crippen LogP contribution is 2.23. The topological polar surface area (TPSA) is 110 Å². The molecule has 0 aliphatic carbocycles. The van der Waals surface area contributed by atoms with Crippen molar-refractivity contribution in [2.45, 2.75) is 26.7 Å². The van der Waals surface area contributed by atoms with Crippen molar-refractivity contribution in [1.82, 2.24) is 0 Å².